The van der Waals surface area contributed by atoms with E-state index in [1.165, 1.54) is 0 Å². The monoisotopic (exact) mass is 406 g/mol. The van der Waals surface area contributed by atoms with Crippen LogP contribution in [0, 0.1) is 5.21 Å². The molecule has 1 saturated heterocycles. The molecule has 1 aliphatic rings. The van der Waals surface area contributed by atoms with Crippen molar-refractivity contribution in [3.63, 3.8) is 0 Å². The smallest absolute Gasteiger partial charge is 0.205 e. The number of aromatic amines is 1. The second-order valence-electron chi connectivity index (χ2n) is 8.12. The van der Waals surface area contributed by atoms with Gasteiger partial charge < -0.3 is 9.85 Å². The average molecular weight is 407 g/mol. The van der Waals surface area contributed by atoms with Crippen molar-refractivity contribution in [2.45, 2.75) is 45.8 Å². The predicted molar refractivity (Wildman–Crippen MR) is 118 cm³/mol. The van der Waals surface area contributed by atoms with Crippen LogP contribution in [0.5, 0.6) is 0 Å². The average Bonchev–Trinajstić information content (AvgIpc) is 3.40. The molecule has 0 saturated carbocycles. The predicted octanol–water partition coefficient (Wildman–Crippen LogP) is 4.20. The molecule has 1 aromatic heterocycles. The number of hydrogen-bond donors (Lipinski definition) is 1. The first-order valence-electron chi connectivity index (χ1n) is 10.9. The van der Waals surface area contributed by atoms with Crippen molar-refractivity contribution in [1.82, 2.24) is 25.5 Å². The summed E-state index contributed by atoms with van der Waals surface area (Å²) < 4.78 is -0.132. The minimum absolute atomic E-state index is 0.0774. The summed E-state index contributed by atoms with van der Waals surface area (Å²) in [5, 5.41) is 28.1. The highest BCUT2D eigenvalue weighted by Crippen LogP contribution is 2.32. The molecular formula is C23H30N6O. The molecule has 30 heavy (non-hydrogen) atoms. The fourth-order valence-corrected chi connectivity index (χ4v) is 4.61. The Kier molecular flexibility index (Phi) is 6.22. The van der Waals surface area contributed by atoms with Crippen molar-refractivity contribution in [2.24, 2.45) is 0 Å². The number of benzene rings is 2. The molecule has 0 radical (unpaired) electrons. The molecule has 1 fully saturated rings. The molecule has 1 N–H and O–H groups in total. The maximum absolute atomic E-state index is 13.7. The van der Waals surface area contributed by atoms with Gasteiger partial charge in [-0.05, 0) is 29.2 Å². The van der Waals surface area contributed by atoms with Crippen LogP contribution in [0.2, 0.25) is 0 Å². The molecule has 0 bridgehead atoms. The second kappa shape index (κ2) is 9.04. The Labute approximate surface area is 177 Å². The number of tetrazole rings is 1. The molecule has 0 aliphatic carbocycles. The van der Waals surface area contributed by atoms with Gasteiger partial charge in [0.05, 0.1) is 13.1 Å². The van der Waals surface area contributed by atoms with Gasteiger partial charge in [-0.3, -0.25) is 0 Å². The molecule has 2 atom stereocenters. The largest absolute Gasteiger partial charge is 0.631 e. The van der Waals surface area contributed by atoms with Crippen molar-refractivity contribution in [3.05, 3.63) is 59.3 Å². The van der Waals surface area contributed by atoms with E-state index >= 15 is 0 Å². The summed E-state index contributed by atoms with van der Waals surface area (Å²) in [5.74, 6) is 0.578. The summed E-state index contributed by atoms with van der Waals surface area (Å²) in [4.78, 5) is 2.39. The number of hydroxylamine groups is 3. The zero-order chi connectivity index (χ0) is 21.0. The quantitative estimate of drug-likeness (QED) is 0.448. The highest BCUT2D eigenvalue weighted by Gasteiger charge is 2.39. The van der Waals surface area contributed by atoms with Gasteiger partial charge in [0.2, 0.25) is 5.82 Å². The van der Waals surface area contributed by atoms with E-state index in [1.54, 1.807) is 0 Å². The first-order chi connectivity index (χ1) is 14.6. The molecule has 0 amide bonds. The fraction of sp³-hybridized carbons (Fsp3) is 0.435. The number of nitrogens with zero attached hydrogens (tertiary/aromatic N) is 5. The molecule has 158 valence electrons. The Balaban J connectivity index is 1.55. The number of nitrogens with one attached hydrogen (secondary N) is 1. The van der Waals surface area contributed by atoms with Crippen LogP contribution in [0.3, 0.4) is 0 Å². The highest BCUT2D eigenvalue weighted by atomic mass is 16.6. The third kappa shape index (κ3) is 4.14. The van der Waals surface area contributed by atoms with E-state index in [9.17, 15) is 5.21 Å². The van der Waals surface area contributed by atoms with Gasteiger partial charge in [0.25, 0.3) is 0 Å². The first kappa shape index (κ1) is 20.7. The number of hydrogen-bond acceptors (Lipinski definition) is 5. The minimum atomic E-state index is -0.132. The topological polar surface area (TPSA) is 80.8 Å². The minimum Gasteiger partial charge on any atom is -0.631 e. The van der Waals surface area contributed by atoms with E-state index in [0.29, 0.717) is 18.9 Å². The van der Waals surface area contributed by atoms with E-state index in [0.717, 1.165) is 54.6 Å². The van der Waals surface area contributed by atoms with Gasteiger partial charge in [-0.15, -0.1) is 10.2 Å². The molecule has 4 rings (SSSR count). The van der Waals surface area contributed by atoms with Gasteiger partial charge in [-0.1, -0.05) is 62.4 Å². The lowest BCUT2D eigenvalue weighted by Crippen LogP contribution is -2.50. The molecule has 1 aliphatic heterocycles. The molecule has 2 unspecified atom stereocenters. The van der Waals surface area contributed by atoms with Crippen LogP contribution in [0.4, 0.5) is 0 Å². The van der Waals surface area contributed by atoms with Gasteiger partial charge in [-0.25, -0.2) is 4.90 Å². The van der Waals surface area contributed by atoms with Crippen molar-refractivity contribution in [2.75, 3.05) is 19.6 Å². The SMILES string of the molecule is CCCC1N(CCC)CC[N+]1([O-])Cc1ccc(-c2ccccc2-c2nn[nH]n2)cc1. The Morgan fingerprint density at radius 1 is 1.07 bits per heavy atom. The first-order valence-corrected chi connectivity index (χ1v) is 10.9. The van der Waals surface area contributed by atoms with Crippen molar-refractivity contribution >= 4 is 0 Å². The summed E-state index contributed by atoms with van der Waals surface area (Å²) in [5.41, 5.74) is 4.15. The summed E-state index contributed by atoms with van der Waals surface area (Å²) in [6.45, 7) is 7.47. The molecule has 2 aromatic carbocycles. The molecule has 7 heteroatoms. The highest BCUT2D eigenvalue weighted by molar-refractivity contribution is 5.80. The Morgan fingerprint density at radius 2 is 1.83 bits per heavy atom. The van der Waals surface area contributed by atoms with Gasteiger partial charge in [0.15, 0.2) is 0 Å². The van der Waals surface area contributed by atoms with Gasteiger partial charge in [0.1, 0.15) is 12.7 Å². The Morgan fingerprint density at radius 3 is 2.50 bits per heavy atom. The van der Waals surface area contributed by atoms with Gasteiger partial charge >= 0.3 is 0 Å². The van der Waals surface area contributed by atoms with E-state index in [-0.39, 0.29) is 10.8 Å². The normalized spacial score (nSPS) is 21.9. The number of H-pyrrole nitrogens is 1. The van der Waals surface area contributed by atoms with Gasteiger partial charge in [-0.2, -0.15) is 5.21 Å². The number of quaternary nitrogens is 1. The van der Waals surface area contributed by atoms with Crippen LogP contribution in [-0.2, 0) is 6.54 Å². The summed E-state index contributed by atoms with van der Waals surface area (Å²) >= 11 is 0. The third-order valence-electron chi connectivity index (χ3n) is 6.02. The lowest BCUT2D eigenvalue weighted by molar-refractivity contribution is -0.911. The zero-order valence-electron chi connectivity index (χ0n) is 17.8. The van der Waals surface area contributed by atoms with Crippen LogP contribution in [0.15, 0.2) is 48.5 Å². The fourth-order valence-electron chi connectivity index (χ4n) is 4.61. The third-order valence-corrected chi connectivity index (χ3v) is 6.02. The Hall–Kier alpha value is -2.61. The zero-order valence-corrected chi connectivity index (χ0v) is 17.8. The molecule has 0 spiro atoms. The van der Waals surface area contributed by atoms with Crippen molar-refractivity contribution in [3.8, 4) is 22.5 Å². The molecular weight excluding hydrogens is 376 g/mol. The van der Waals surface area contributed by atoms with Crippen LogP contribution >= 0.6 is 0 Å². The molecule has 7 nitrogen and oxygen atoms in total. The van der Waals surface area contributed by atoms with E-state index < -0.39 is 0 Å². The maximum Gasteiger partial charge on any atom is 0.205 e. The summed E-state index contributed by atoms with van der Waals surface area (Å²) in [7, 11) is 0. The Bertz CT molecular complexity index is 943. The lowest BCUT2D eigenvalue weighted by atomic mass is 9.98. The molecule has 3 aromatic rings. The number of aromatic nitrogens is 4. The number of rotatable bonds is 8. The summed E-state index contributed by atoms with van der Waals surface area (Å²) in [6.07, 6.45) is 3.17. The lowest BCUT2D eigenvalue weighted by Gasteiger charge is -2.45. The summed E-state index contributed by atoms with van der Waals surface area (Å²) in [6, 6.07) is 16.4. The maximum atomic E-state index is 13.7. The van der Waals surface area contributed by atoms with Crippen molar-refractivity contribution in [1.29, 1.82) is 0 Å². The van der Waals surface area contributed by atoms with E-state index in [1.807, 2.05) is 18.2 Å². The molecule has 2 heterocycles. The van der Waals surface area contributed by atoms with Crippen LogP contribution in [0.1, 0.15) is 38.7 Å². The van der Waals surface area contributed by atoms with Gasteiger partial charge in [0, 0.05) is 24.1 Å². The van der Waals surface area contributed by atoms with Crippen molar-refractivity contribution < 1.29 is 4.65 Å². The standard InChI is InChI=1S/C23H30N6O/c1-3-7-22-28(14-4-2)15-16-29(22,30)17-18-10-12-19(13-11-18)20-8-5-6-9-21(20)23-24-26-27-25-23/h5-6,8-13,22H,3-4,7,14-17H2,1-2H3,(H,24,25,26,27). The van der Waals surface area contributed by atoms with Crippen LogP contribution in [0.25, 0.3) is 22.5 Å². The van der Waals surface area contributed by atoms with Crippen LogP contribution < -0.4 is 0 Å². The second-order valence-corrected chi connectivity index (χ2v) is 8.12. The van der Waals surface area contributed by atoms with Crippen LogP contribution in [-0.4, -0.2) is 56.0 Å². The van der Waals surface area contributed by atoms with E-state index in [4.69, 9.17) is 0 Å². The van der Waals surface area contributed by atoms with E-state index in [2.05, 4.69) is 69.7 Å².